The number of nitrogens with one attached hydrogen (secondary N) is 2. The third-order valence-electron chi connectivity index (χ3n) is 2.74. The second-order valence-electron chi connectivity index (χ2n) is 4.45. The van der Waals surface area contributed by atoms with Gasteiger partial charge in [0.05, 0.1) is 16.3 Å². The van der Waals surface area contributed by atoms with Gasteiger partial charge in [0, 0.05) is 5.69 Å². The molecule has 21 heavy (non-hydrogen) atoms. The standard InChI is InChI=1S/C15H13ClN2O3/c1-9-5-6-13(12(16)7-9)18-15(21)17-11-4-2-3-10(8-11)14(19)20/h2-8H,1H3,(H,19,20)(H2,17,18,21). The van der Waals surface area contributed by atoms with Crippen molar-refractivity contribution in [2.45, 2.75) is 6.92 Å². The van der Waals surface area contributed by atoms with Crippen LogP contribution in [-0.2, 0) is 0 Å². The van der Waals surface area contributed by atoms with Crippen molar-refractivity contribution in [3.05, 3.63) is 58.6 Å². The van der Waals surface area contributed by atoms with E-state index in [0.717, 1.165) is 5.56 Å². The van der Waals surface area contributed by atoms with Gasteiger partial charge in [0.15, 0.2) is 0 Å². The van der Waals surface area contributed by atoms with Crippen LogP contribution in [0.15, 0.2) is 42.5 Å². The number of carbonyl (C=O) groups is 2. The SMILES string of the molecule is Cc1ccc(NC(=O)Nc2cccc(C(=O)O)c2)c(Cl)c1. The number of carboxylic acids is 1. The van der Waals surface area contributed by atoms with Crippen LogP contribution in [0.5, 0.6) is 0 Å². The Balaban J connectivity index is 2.08. The van der Waals surface area contributed by atoms with Gasteiger partial charge in [-0.2, -0.15) is 0 Å². The number of amides is 2. The molecule has 2 aromatic rings. The minimum Gasteiger partial charge on any atom is -0.478 e. The molecule has 2 aromatic carbocycles. The summed E-state index contributed by atoms with van der Waals surface area (Å²) in [4.78, 5) is 22.7. The van der Waals surface area contributed by atoms with Gasteiger partial charge < -0.3 is 15.7 Å². The molecule has 2 rings (SSSR count). The Morgan fingerprint density at radius 1 is 1.10 bits per heavy atom. The predicted molar refractivity (Wildman–Crippen MR) is 82.2 cm³/mol. The number of aromatic carboxylic acids is 1. The van der Waals surface area contributed by atoms with Crippen LogP contribution in [0.25, 0.3) is 0 Å². The molecule has 108 valence electrons. The van der Waals surface area contributed by atoms with E-state index in [0.29, 0.717) is 16.4 Å². The number of carboxylic acid groups (broad SMARTS) is 1. The maximum Gasteiger partial charge on any atom is 0.335 e. The molecule has 0 bridgehead atoms. The number of halogens is 1. The summed E-state index contributed by atoms with van der Waals surface area (Å²) in [6, 6.07) is 10.7. The second kappa shape index (κ2) is 6.28. The summed E-state index contributed by atoms with van der Waals surface area (Å²) in [5.74, 6) is -1.05. The van der Waals surface area contributed by atoms with Gasteiger partial charge in [-0.15, -0.1) is 0 Å². The molecule has 5 nitrogen and oxygen atoms in total. The molecule has 0 heterocycles. The maximum atomic E-state index is 11.9. The highest BCUT2D eigenvalue weighted by atomic mass is 35.5. The van der Waals surface area contributed by atoms with E-state index in [1.165, 1.54) is 12.1 Å². The second-order valence-corrected chi connectivity index (χ2v) is 4.86. The van der Waals surface area contributed by atoms with E-state index in [1.54, 1.807) is 24.3 Å². The van der Waals surface area contributed by atoms with Crippen molar-refractivity contribution in [2.75, 3.05) is 10.6 Å². The smallest absolute Gasteiger partial charge is 0.335 e. The van der Waals surface area contributed by atoms with Crippen molar-refractivity contribution in [1.29, 1.82) is 0 Å². The average molecular weight is 305 g/mol. The number of benzene rings is 2. The lowest BCUT2D eigenvalue weighted by molar-refractivity contribution is 0.0697. The number of carbonyl (C=O) groups excluding carboxylic acids is 1. The van der Waals surface area contributed by atoms with E-state index >= 15 is 0 Å². The van der Waals surface area contributed by atoms with Crippen LogP contribution >= 0.6 is 11.6 Å². The highest BCUT2D eigenvalue weighted by Crippen LogP contribution is 2.23. The topological polar surface area (TPSA) is 78.4 Å². The first-order valence-corrected chi connectivity index (χ1v) is 6.51. The third kappa shape index (κ3) is 3.97. The van der Waals surface area contributed by atoms with Gasteiger partial charge >= 0.3 is 12.0 Å². The Kier molecular flexibility index (Phi) is 4.45. The number of aryl methyl sites for hydroxylation is 1. The molecule has 0 unspecified atom stereocenters. The summed E-state index contributed by atoms with van der Waals surface area (Å²) in [6.45, 7) is 1.90. The first kappa shape index (κ1) is 14.9. The average Bonchev–Trinajstić information content (AvgIpc) is 2.42. The highest BCUT2D eigenvalue weighted by Gasteiger charge is 2.08. The van der Waals surface area contributed by atoms with Crippen molar-refractivity contribution >= 4 is 35.0 Å². The minimum atomic E-state index is -1.05. The Morgan fingerprint density at radius 3 is 2.52 bits per heavy atom. The lowest BCUT2D eigenvalue weighted by Crippen LogP contribution is -2.19. The molecule has 0 saturated carbocycles. The number of hydrogen-bond donors (Lipinski definition) is 3. The molecule has 0 aromatic heterocycles. The predicted octanol–water partition coefficient (Wildman–Crippen LogP) is 3.99. The van der Waals surface area contributed by atoms with Gasteiger partial charge in [-0.25, -0.2) is 9.59 Å². The Hall–Kier alpha value is -2.53. The lowest BCUT2D eigenvalue weighted by atomic mass is 10.2. The van der Waals surface area contributed by atoms with Gasteiger partial charge in [0.1, 0.15) is 0 Å². The molecule has 0 saturated heterocycles. The van der Waals surface area contributed by atoms with Crippen molar-refractivity contribution < 1.29 is 14.7 Å². The first-order chi connectivity index (χ1) is 9.95. The van der Waals surface area contributed by atoms with Crippen LogP contribution in [-0.4, -0.2) is 17.1 Å². The molecular weight excluding hydrogens is 292 g/mol. The van der Waals surface area contributed by atoms with Crippen LogP contribution in [0, 0.1) is 6.92 Å². The van der Waals surface area contributed by atoms with E-state index in [4.69, 9.17) is 16.7 Å². The van der Waals surface area contributed by atoms with Crippen molar-refractivity contribution in [3.8, 4) is 0 Å². The molecule has 3 N–H and O–H groups in total. The normalized spacial score (nSPS) is 10.0. The summed E-state index contributed by atoms with van der Waals surface area (Å²) < 4.78 is 0. The molecule has 0 atom stereocenters. The third-order valence-corrected chi connectivity index (χ3v) is 3.05. The Labute approximate surface area is 126 Å². The molecule has 0 aliphatic heterocycles. The summed E-state index contributed by atoms with van der Waals surface area (Å²) in [6.07, 6.45) is 0. The summed E-state index contributed by atoms with van der Waals surface area (Å²) in [5.41, 5.74) is 1.95. The van der Waals surface area contributed by atoms with Crippen molar-refractivity contribution in [2.24, 2.45) is 0 Å². The van der Waals surface area contributed by atoms with Gasteiger partial charge in [-0.05, 0) is 42.8 Å². The molecule has 0 radical (unpaired) electrons. The van der Waals surface area contributed by atoms with E-state index < -0.39 is 12.0 Å². The fourth-order valence-electron chi connectivity index (χ4n) is 1.74. The number of anilines is 2. The van der Waals surface area contributed by atoms with Gasteiger partial charge in [-0.1, -0.05) is 23.7 Å². The van der Waals surface area contributed by atoms with E-state index in [-0.39, 0.29) is 5.56 Å². The monoisotopic (exact) mass is 304 g/mol. The first-order valence-electron chi connectivity index (χ1n) is 6.13. The van der Waals surface area contributed by atoms with Crippen molar-refractivity contribution in [1.82, 2.24) is 0 Å². The van der Waals surface area contributed by atoms with Crippen LogP contribution in [0.2, 0.25) is 5.02 Å². The van der Waals surface area contributed by atoms with Crippen LogP contribution in [0.3, 0.4) is 0 Å². The van der Waals surface area contributed by atoms with Gasteiger partial charge in [0.25, 0.3) is 0 Å². The molecule has 6 heteroatoms. The Bertz CT molecular complexity index is 701. The zero-order valence-corrected chi connectivity index (χ0v) is 11.9. The van der Waals surface area contributed by atoms with Gasteiger partial charge in [0.2, 0.25) is 0 Å². The molecule has 2 amide bonds. The summed E-state index contributed by atoms with van der Waals surface area (Å²) >= 11 is 6.02. The minimum absolute atomic E-state index is 0.0983. The summed E-state index contributed by atoms with van der Waals surface area (Å²) in [7, 11) is 0. The number of hydrogen-bond acceptors (Lipinski definition) is 2. The van der Waals surface area contributed by atoms with Crippen molar-refractivity contribution in [3.63, 3.8) is 0 Å². The largest absolute Gasteiger partial charge is 0.478 e. The highest BCUT2D eigenvalue weighted by molar-refractivity contribution is 6.33. The lowest BCUT2D eigenvalue weighted by Gasteiger charge is -2.10. The van der Waals surface area contributed by atoms with Gasteiger partial charge in [-0.3, -0.25) is 0 Å². The van der Waals surface area contributed by atoms with Crippen LogP contribution < -0.4 is 10.6 Å². The fourth-order valence-corrected chi connectivity index (χ4v) is 2.02. The molecule has 0 spiro atoms. The number of urea groups is 1. The fraction of sp³-hybridized carbons (Fsp3) is 0.0667. The molecule has 0 fully saturated rings. The molecule has 0 aliphatic rings. The van der Waals surface area contributed by atoms with Crippen LogP contribution in [0.4, 0.5) is 16.2 Å². The van der Waals surface area contributed by atoms with E-state index in [9.17, 15) is 9.59 Å². The van der Waals surface area contributed by atoms with E-state index in [2.05, 4.69) is 10.6 Å². The number of rotatable bonds is 3. The Morgan fingerprint density at radius 2 is 1.86 bits per heavy atom. The molecule has 0 aliphatic carbocycles. The van der Waals surface area contributed by atoms with Crippen LogP contribution in [0.1, 0.15) is 15.9 Å². The summed E-state index contributed by atoms with van der Waals surface area (Å²) in [5, 5.41) is 14.5. The zero-order chi connectivity index (χ0) is 15.4. The van der Waals surface area contributed by atoms with E-state index in [1.807, 2.05) is 13.0 Å². The zero-order valence-electron chi connectivity index (χ0n) is 11.2. The molecular formula is C15H13ClN2O3. The maximum absolute atomic E-state index is 11.9. The quantitative estimate of drug-likeness (QED) is 0.802.